The summed E-state index contributed by atoms with van der Waals surface area (Å²) in [5.74, 6) is 0.737. The van der Waals surface area contributed by atoms with Gasteiger partial charge in [-0.1, -0.05) is 0 Å². The molecule has 0 aromatic heterocycles. The van der Waals surface area contributed by atoms with Gasteiger partial charge < -0.3 is 10.6 Å². The Balaban J connectivity index is 2.03. The number of hydrogen-bond donors (Lipinski definition) is 2. The molecule has 152 valence electrons. The highest BCUT2D eigenvalue weighted by Crippen LogP contribution is 2.24. The minimum absolute atomic E-state index is 0.369. The monoisotopic (exact) mass is 424 g/mol. The van der Waals surface area contributed by atoms with Gasteiger partial charge in [0.15, 0.2) is 11.1 Å². The van der Waals surface area contributed by atoms with Crippen LogP contribution in [0.2, 0.25) is 0 Å². The van der Waals surface area contributed by atoms with Gasteiger partial charge in [-0.15, -0.1) is 3.63 Å². The molecule has 2 unspecified atom stereocenters. The van der Waals surface area contributed by atoms with E-state index < -0.39 is 45.1 Å². The van der Waals surface area contributed by atoms with Crippen LogP contribution in [0.15, 0.2) is 20.2 Å². The van der Waals surface area contributed by atoms with Crippen LogP contribution in [-0.4, -0.2) is 79.0 Å². The molecule has 0 bridgehead atoms. The fourth-order valence-electron chi connectivity index (χ4n) is 2.54. The van der Waals surface area contributed by atoms with Gasteiger partial charge in [0.25, 0.3) is 0 Å². The van der Waals surface area contributed by atoms with E-state index in [1.54, 1.807) is 13.8 Å². The molecule has 0 aliphatic carbocycles. The molecule has 0 radical (unpaired) electrons. The maximum Gasteiger partial charge on any atom is 0.416 e. The van der Waals surface area contributed by atoms with Crippen molar-refractivity contribution in [3.05, 3.63) is 0 Å². The lowest BCUT2D eigenvalue weighted by molar-refractivity contribution is 0.221. The van der Waals surface area contributed by atoms with E-state index in [9.17, 15) is 16.8 Å². The SMILES string of the molecule is CC1(C2=NCCN2)COS(=O)(=O)OS(=O)(=O)OCC(C)(C2=NCCN2)N=N1. The molecular weight excluding hydrogens is 404 g/mol. The van der Waals surface area contributed by atoms with Crippen LogP contribution in [0.4, 0.5) is 0 Å². The van der Waals surface area contributed by atoms with E-state index in [0.717, 1.165) is 0 Å². The molecule has 0 aromatic rings. The number of azo groups is 1. The fraction of sp³-hybridized carbons (Fsp3) is 0.833. The van der Waals surface area contributed by atoms with Crippen LogP contribution >= 0.6 is 0 Å². The number of aliphatic imine (C=N–C) groups is 2. The van der Waals surface area contributed by atoms with E-state index in [4.69, 9.17) is 0 Å². The van der Waals surface area contributed by atoms with Gasteiger partial charge in [0, 0.05) is 13.1 Å². The number of nitrogens with zero attached hydrogens (tertiary/aromatic N) is 4. The minimum atomic E-state index is -4.91. The molecule has 13 nitrogen and oxygen atoms in total. The Morgan fingerprint density at radius 1 is 0.815 bits per heavy atom. The predicted octanol–water partition coefficient (Wildman–Crippen LogP) is -1.49. The largest absolute Gasteiger partial charge is 0.416 e. The molecular formula is C12H20N6O7S2. The molecule has 0 saturated heterocycles. The molecule has 0 spiro atoms. The van der Waals surface area contributed by atoms with Gasteiger partial charge in [-0.05, 0) is 13.8 Å². The molecule has 0 fully saturated rings. The Bertz CT molecular complexity index is 827. The van der Waals surface area contributed by atoms with Crippen molar-refractivity contribution in [3.8, 4) is 0 Å². The number of nitrogens with one attached hydrogen (secondary N) is 2. The van der Waals surface area contributed by atoms with E-state index in [1.807, 2.05) is 0 Å². The van der Waals surface area contributed by atoms with Crippen LogP contribution in [0.1, 0.15) is 13.8 Å². The lowest BCUT2D eigenvalue weighted by Crippen LogP contribution is -2.47. The highest BCUT2D eigenvalue weighted by atomic mass is 32.3. The lowest BCUT2D eigenvalue weighted by atomic mass is 10.0. The van der Waals surface area contributed by atoms with Crippen molar-refractivity contribution >= 4 is 32.5 Å². The van der Waals surface area contributed by atoms with Gasteiger partial charge >= 0.3 is 20.8 Å². The van der Waals surface area contributed by atoms with Gasteiger partial charge in [0.1, 0.15) is 24.9 Å². The van der Waals surface area contributed by atoms with Crippen LogP contribution in [0.25, 0.3) is 0 Å². The van der Waals surface area contributed by atoms with E-state index in [0.29, 0.717) is 37.9 Å². The number of amidine groups is 2. The standard InChI is InChI=1S/C12H20N6O7S2/c1-11(9-13-3-4-14-9)7-23-26(19,20)25-27(21,22)24-8-12(2,18-17-11)10-15-5-6-16-10/h3-8H2,1-2H3,(H,13,14)(H,15,16). The van der Waals surface area contributed by atoms with Crippen LogP contribution in [0.5, 0.6) is 0 Å². The first kappa shape index (κ1) is 20.1. The Morgan fingerprint density at radius 3 is 1.56 bits per heavy atom. The zero-order valence-corrected chi connectivity index (χ0v) is 16.3. The molecule has 3 rings (SSSR count). The second-order valence-corrected chi connectivity index (χ2v) is 9.12. The quantitative estimate of drug-likeness (QED) is 0.536. The maximum atomic E-state index is 11.9. The highest BCUT2D eigenvalue weighted by Gasteiger charge is 2.42. The Labute approximate surface area is 157 Å². The summed E-state index contributed by atoms with van der Waals surface area (Å²) in [7, 11) is -9.81. The maximum absolute atomic E-state index is 11.9. The topological polar surface area (TPSA) is 169 Å². The highest BCUT2D eigenvalue weighted by molar-refractivity contribution is 7.95. The van der Waals surface area contributed by atoms with Crippen molar-refractivity contribution < 1.29 is 28.8 Å². The third-order valence-corrected chi connectivity index (χ3v) is 6.14. The molecule has 2 atom stereocenters. The third kappa shape index (κ3) is 4.60. The van der Waals surface area contributed by atoms with E-state index >= 15 is 0 Å². The van der Waals surface area contributed by atoms with Crippen LogP contribution in [0, 0.1) is 0 Å². The number of rotatable bonds is 2. The Hall–Kier alpha value is -1.68. The normalized spacial score (nSPS) is 36.1. The first-order chi connectivity index (χ1) is 12.5. The van der Waals surface area contributed by atoms with E-state index in [1.165, 1.54) is 0 Å². The summed E-state index contributed by atoms with van der Waals surface area (Å²) >= 11 is 0. The zero-order valence-electron chi connectivity index (χ0n) is 14.7. The fourth-order valence-corrected chi connectivity index (χ4v) is 4.42. The first-order valence-corrected chi connectivity index (χ1v) is 10.7. The molecule has 2 N–H and O–H groups in total. The Morgan fingerprint density at radius 2 is 1.22 bits per heavy atom. The third-order valence-electron chi connectivity index (χ3n) is 4.00. The van der Waals surface area contributed by atoms with E-state index in [2.05, 4.69) is 42.8 Å². The molecule has 15 heteroatoms. The van der Waals surface area contributed by atoms with E-state index in [-0.39, 0.29) is 0 Å². The molecule has 27 heavy (non-hydrogen) atoms. The summed E-state index contributed by atoms with van der Waals surface area (Å²) in [6.45, 7) is 4.02. The lowest BCUT2D eigenvalue weighted by Gasteiger charge is -2.27. The second-order valence-electron chi connectivity index (χ2n) is 6.47. The van der Waals surface area contributed by atoms with Crippen molar-refractivity contribution in [1.29, 1.82) is 0 Å². The molecule has 3 aliphatic heterocycles. The molecule has 0 saturated carbocycles. The average molecular weight is 424 g/mol. The summed E-state index contributed by atoms with van der Waals surface area (Å²) in [6, 6.07) is 0. The first-order valence-electron chi connectivity index (χ1n) is 8.05. The molecule has 3 aliphatic rings. The van der Waals surface area contributed by atoms with Crippen molar-refractivity contribution in [3.63, 3.8) is 0 Å². The van der Waals surface area contributed by atoms with Crippen LogP contribution in [-0.2, 0) is 32.8 Å². The summed E-state index contributed by atoms with van der Waals surface area (Å²) < 4.78 is 60.9. The van der Waals surface area contributed by atoms with Crippen molar-refractivity contribution in [2.75, 3.05) is 39.4 Å². The molecule has 0 aromatic carbocycles. The molecule has 0 amide bonds. The van der Waals surface area contributed by atoms with Crippen LogP contribution in [0.3, 0.4) is 0 Å². The number of hydrogen-bond acceptors (Lipinski definition) is 13. The summed E-state index contributed by atoms with van der Waals surface area (Å²) in [5, 5.41) is 14.5. The van der Waals surface area contributed by atoms with Crippen molar-refractivity contribution in [2.24, 2.45) is 20.2 Å². The van der Waals surface area contributed by atoms with Gasteiger partial charge in [-0.3, -0.25) is 9.98 Å². The summed E-state index contributed by atoms with van der Waals surface area (Å²) in [4.78, 5) is 8.49. The summed E-state index contributed by atoms with van der Waals surface area (Å²) in [5.41, 5.74) is -2.64. The van der Waals surface area contributed by atoms with Gasteiger partial charge in [0.2, 0.25) is 0 Å². The van der Waals surface area contributed by atoms with Gasteiger partial charge in [-0.25, -0.2) is 8.37 Å². The smallest absolute Gasteiger partial charge is 0.370 e. The second kappa shape index (κ2) is 7.05. The van der Waals surface area contributed by atoms with Crippen molar-refractivity contribution in [2.45, 2.75) is 24.9 Å². The van der Waals surface area contributed by atoms with Gasteiger partial charge in [-0.2, -0.15) is 27.1 Å². The minimum Gasteiger partial charge on any atom is -0.370 e. The average Bonchev–Trinajstić information content (AvgIpc) is 3.29. The zero-order chi connectivity index (χ0) is 19.8. The Kier molecular flexibility index (Phi) is 5.24. The molecule has 3 heterocycles. The predicted molar refractivity (Wildman–Crippen MR) is 93.1 cm³/mol. The van der Waals surface area contributed by atoms with Crippen LogP contribution < -0.4 is 10.6 Å². The summed E-state index contributed by atoms with van der Waals surface area (Å²) in [6.07, 6.45) is 0. The van der Waals surface area contributed by atoms with Gasteiger partial charge in [0.05, 0.1) is 13.1 Å². The van der Waals surface area contributed by atoms with Crippen molar-refractivity contribution in [1.82, 2.24) is 10.6 Å².